The van der Waals surface area contributed by atoms with E-state index in [1.54, 1.807) is 18.1 Å². The van der Waals surface area contributed by atoms with Gasteiger partial charge in [-0.1, -0.05) is 41.6 Å². The highest BCUT2D eigenvalue weighted by atomic mass is 35.5. The summed E-state index contributed by atoms with van der Waals surface area (Å²) in [4.78, 5) is 0. The molecule has 0 fully saturated rings. The summed E-state index contributed by atoms with van der Waals surface area (Å²) in [6.45, 7) is 1.07. The monoisotopic (exact) mass is 359 g/mol. The predicted molar refractivity (Wildman–Crippen MR) is 93.4 cm³/mol. The number of aromatic nitrogens is 3. The zero-order valence-corrected chi connectivity index (χ0v) is 14.3. The van der Waals surface area contributed by atoms with Crippen molar-refractivity contribution in [2.75, 3.05) is 13.2 Å². The number of rotatable bonds is 4. The Bertz CT molecular complexity index is 854. The fraction of sp³-hybridized carbons (Fsp3) is 0.176. The highest BCUT2D eigenvalue weighted by Crippen LogP contribution is 2.39. The van der Waals surface area contributed by atoms with Crippen LogP contribution in [0.3, 0.4) is 0 Å². The lowest BCUT2D eigenvalue weighted by atomic mass is 10.2. The third kappa shape index (κ3) is 3.07. The normalized spacial score (nSPS) is 13.0. The van der Waals surface area contributed by atoms with E-state index in [0.29, 0.717) is 35.5 Å². The summed E-state index contributed by atoms with van der Waals surface area (Å²) in [5.41, 5.74) is 2.09. The summed E-state index contributed by atoms with van der Waals surface area (Å²) in [6.07, 6.45) is 1.72. The van der Waals surface area contributed by atoms with Gasteiger partial charge < -0.3 is 9.47 Å². The molecule has 122 valence electrons. The first-order chi connectivity index (χ1) is 11.8. The quantitative estimate of drug-likeness (QED) is 0.659. The molecular weight excluding hydrogens is 346 g/mol. The van der Waals surface area contributed by atoms with Crippen molar-refractivity contribution in [3.63, 3.8) is 0 Å². The van der Waals surface area contributed by atoms with Crippen molar-refractivity contribution in [2.24, 2.45) is 0 Å². The molecule has 0 saturated heterocycles. The lowest BCUT2D eigenvalue weighted by Gasteiger charge is -2.20. The van der Waals surface area contributed by atoms with E-state index in [1.165, 1.54) is 0 Å². The molecule has 5 nitrogen and oxygen atoms in total. The Balaban J connectivity index is 1.54. The van der Waals surface area contributed by atoms with E-state index in [9.17, 15) is 0 Å². The van der Waals surface area contributed by atoms with Crippen LogP contribution < -0.4 is 9.47 Å². The third-order valence-electron chi connectivity index (χ3n) is 3.58. The van der Waals surface area contributed by atoms with Crippen LogP contribution >= 0.6 is 23.4 Å². The minimum absolute atomic E-state index is 0.529. The van der Waals surface area contributed by atoms with Crippen molar-refractivity contribution in [3.05, 3.63) is 59.4 Å². The molecule has 2 aromatic carbocycles. The van der Waals surface area contributed by atoms with Crippen LogP contribution in [-0.2, 0) is 5.75 Å². The van der Waals surface area contributed by atoms with Crippen molar-refractivity contribution in [3.8, 4) is 17.2 Å². The maximum Gasteiger partial charge on any atom is 0.195 e. The molecule has 0 bridgehead atoms. The Morgan fingerprint density at radius 1 is 1.12 bits per heavy atom. The van der Waals surface area contributed by atoms with E-state index in [0.717, 1.165) is 16.4 Å². The third-order valence-corrected chi connectivity index (χ3v) is 4.87. The number of thioether (sulfide) groups is 1. The molecule has 0 N–H and O–H groups in total. The Labute approximate surface area is 148 Å². The van der Waals surface area contributed by atoms with Gasteiger partial charge in [-0.25, -0.2) is 0 Å². The number of halogens is 1. The Kier molecular flexibility index (Phi) is 4.32. The van der Waals surface area contributed by atoms with Gasteiger partial charge in [-0.2, -0.15) is 0 Å². The topological polar surface area (TPSA) is 49.2 Å². The molecule has 2 heterocycles. The molecular formula is C17H14ClN3O2S. The van der Waals surface area contributed by atoms with Gasteiger partial charge in [0, 0.05) is 11.4 Å². The minimum Gasteiger partial charge on any atom is -0.486 e. The molecule has 3 aromatic rings. The van der Waals surface area contributed by atoms with Crippen LogP contribution in [-0.4, -0.2) is 28.0 Å². The summed E-state index contributed by atoms with van der Waals surface area (Å²) >= 11 is 7.88. The van der Waals surface area contributed by atoms with Crippen LogP contribution in [0, 0.1) is 0 Å². The maximum atomic E-state index is 6.29. The largest absolute Gasteiger partial charge is 0.486 e. The second kappa shape index (κ2) is 6.75. The van der Waals surface area contributed by atoms with Crippen LogP contribution in [0.15, 0.2) is 53.9 Å². The van der Waals surface area contributed by atoms with Gasteiger partial charge in [0.2, 0.25) is 0 Å². The molecule has 0 spiro atoms. The number of para-hydroxylation sites is 1. The number of hydrogen-bond acceptors (Lipinski definition) is 5. The second-order valence-corrected chi connectivity index (χ2v) is 6.56. The number of hydrogen-bond donors (Lipinski definition) is 0. The number of benzene rings is 2. The molecule has 7 heteroatoms. The van der Waals surface area contributed by atoms with Crippen molar-refractivity contribution in [2.45, 2.75) is 10.9 Å². The van der Waals surface area contributed by atoms with Crippen LogP contribution in [0.25, 0.3) is 5.69 Å². The molecule has 0 radical (unpaired) electrons. The number of nitrogens with zero attached hydrogens (tertiary/aromatic N) is 3. The summed E-state index contributed by atoms with van der Waals surface area (Å²) in [5, 5.41) is 9.63. The molecule has 24 heavy (non-hydrogen) atoms. The van der Waals surface area contributed by atoms with E-state index >= 15 is 0 Å². The predicted octanol–water partition coefficient (Wildman–Crippen LogP) is 3.98. The first kappa shape index (κ1) is 15.4. The lowest BCUT2D eigenvalue weighted by Crippen LogP contribution is -2.15. The highest BCUT2D eigenvalue weighted by Gasteiger charge is 2.17. The van der Waals surface area contributed by atoms with E-state index in [-0.39, 0.29) is 0 Å². The minimum atomic E-state index is 0.529. The van der Waals surface area contributed by atoms with E-state index < -0.39 is 0 Å². The average molecular weight is 360 g/mol. The first-order valence-corrected chi connectivity index (χ1v) is 8.84. The molecule has 0 atom stereocenters. The van der Waals surface area contributed by atoms with Gasteiger partial charge in [0.15, 0.2) is 16.7 Å². The zero-order chi connectivity index (χ0) is 16.4. The van der Waals surface area contributed by atoms with Crippen molar-refractivity contribution >= 4 is 23.4 Å². The summed E-state index contributed by atoms with van der Waals surface area (Å²) in [5.74, 6) is 2.04. The average Bonchev–Trinajstić information content (AvgIpc) is 3.09. The Hall–Kier alpha value is -2.18. The van der Waals surface area contributed by atoms with E-state index in [1.807, 2.05) is 47.0 Å². The second-order valence-electron chi connectivity index (χ2n) is 5.21. The van der Waals surface area contributed by atoms with Gasteiger partial charge in [0.1, 0.15) is 19.5 Å². The zero-order valence-electron chi connectivity index (χ0n) is 12.7. The Morgan fingerprint density at radius 3 is 2.83 bits per heavy atom. The molecule has 0 aliphatic carbocycles. The first-order valence-electron chi connectivity index (χ1n) is 7.47. The Morgan fingerprint density at radius 2 is 1.96 bits per heavy atom. The smallest absolute Gasteiger partial charge is 0.195 e. The van der Waals surface area contributed by atoms with Crippen molar-refractivity contribution in [1.29, 1.82) is 0 Å². The summed E-state index contributed by atoms with van der Waals surface area (Å²) < 4.78 is 13.1. The van der Waals surface area contributed by atoms with E-state index in [2.05, 4.69) is 10.2 Å². The van der Waals surface area contributed by atoms with Gasteiger partial charge in [-0.05, 0) is 29.8 Å². The molecule has 0 saturated carbocycles. The highest BCUT2D eigenvalue weighted by molar-refractivity contribution is 7.98. The molecule has 1 aliphatic heterocycles. The van der Waals surface area contributed by atoms with E-state index in [4.69, 9.17) is 21.1 Å². The molecule has 4 rings (SSSR count). The van der Waals surface area contributed by atoms with Gasteiger partial charge in [-0.3, -0.25) is 4.57 Å². The molecule has 0 unspecified atom stereocenters. The fourth-order valence-electron chi connectivity index (χ4n) is 2.48. The van der Waals surface area contributed by atoms with Crippen LogP contribution in [0.4, 0.5) is 0 Å². The summed E-state index contributed by atoms with van der Waals surface area (Å²) in [6, 6.07) is 13.9. The van der Waals surface area contributed by atoms with Crippen molar-refractivity contribution in [1.82, 2.24) is 14.8 Å². The van der Waals surface area contributed by atoms with Crippen molar-refractivity contribution < 1.29 is 9.47 Å². The maximum absolute atomic E-state index is 6.29. The SMILES string of the molecule is Clc1cc(CSc2nncn2-c2ccccc2)cc2c1OCCO2. The van der Waals surface area contributed by atoms with Crippen LogP contribution in [0.2, 0.25) is 5.02 Å². The fourth-order valence-corrected chi connectivity index (χ4v) is 3.63. The number of fused-ring (bicyclic) bond motifs is 1. The van der Waals surface area contributed by atoms with Crippen LogP contribution in [0.5, 0.6) is 11.5 Å². The standard InChI is InChI=1S/C17H14ClN3O2S/c18-14-8-12(9-15-16(14)23-7-6-22-15)10-24-17-20-19-11-21(17)13-4-2-1-3-5-13/h1-5,8-9,11H,6-7,10H2. The summed E-state index contributed by atoms with van der Waals surface area (Å²) in [7, 11) is 0. The molecule has 1 aliphatic rings. The van der Waals surface area contributed by atoms with Gasteiger partial charge in [-0.15, -0.1) is 10.2 Å². The number of ether oxygens (including phenoxy) is 2. The van der Waals surface area contributed by atoms with Gasteiger partial charge >= 0.3 is 0 Å². The van der Waals surface area contributed by atoms with Gasteiger partial charge in [0.05, 0.1) is 5.02 Å². The molecule has 1 aromatic heterocycles. The molecule has 0 amide bonds. The lowest BCUT2D eigenvalue weighted by molar-refractivity contribution is 0.171. The van der Waals surface area contributed by atoms with Crippen LogP contribution in [0.1, 0.15) is 5.56 Å². The van der Waals surface area contributed by atoms with Gasteiger partial charge in [0.25, 0.3) is 0 Å².